The molecule has 202 valence electrons. The van der Waals surface area contributed by atoms with E-state index in [2.05, 4.69) is 10.1 Å². The summed E-state index contributed by atoms with van der Waals surface area (Å²) in [4.78, 5) is 23.4. The van der Waals surface area contributed by atoms with E-state index in [0.29, 0.717) is 41.0 Å². The number of piperidine rings is 1. The second kappa shape index (κ2) is 9.38. The lowest BCUT2D eigenvalue weighted by Gasteiger charge is -2.39. The van der Waals surface area contributed by atoms with Gasteiger partial charge in [-0.1, -0.05) is 6.07 Å². The summed E-state index contributed by atoms with van der Waals surface area (Å²) in [6.45, 7) is -0.545. The molecule has 2 aliphatic rings. The molecule has 2 atom stereocenters. The maximum atomic E-state index is 13.3. The fourth-order valence-electron chi connectivity index (χ4n) is 6.11. The van der Waals surface area contributed by atoms with Crippen molar-refractivity contribution in [2.24, 2.45) is 0 Å². The summed E-state index contributed by atoms with van der Waals surface area (Å²) in [6.07, 6.45) is 7.00. The number of nitrogens with zero attached hydrogens (tertiary/aromatic N) is 5. The van der Waals surface area contributed by atoms with Gasteiger partial charge in [0.15, 0.2) is 15.5 Å². The number of fused-ring (bicyclic) bond motifs is 3. The van der Waals surface area contributed by atoms with Crippen molar-refractivity contribution in [2.45, 2.75) is 48.6 Å². The number of halogens is 1. The van der Waals surface area contributed by atoms with Crippen molar-refractivity contribution in [3.8, 4) is 22.4 Å². The topological polar surface area (TPSA) is 144 Å². The summed E-state index contributed by atoms with van der Waals surface area (Å²) >= 11 is 0. The molecule has 3 N–H and O–H groups in total. The summed E-state index contributed by atoms with van der Waals surface area (Å²) in [5.74, 6) is -0.875. The van der Waals surface area contributed by atoms with E-state index in [0.717, 1.165) is 24.7 Å². The highest BCUT2D eigenvalue weighted by atomic mass is 32.2. The van der Waals surface area contributed by atoms with E-state index >= 15 is 0 Å². The van der Waals surface area contributed by atoms with E-state index in [1.54, 1.807) is 29.4 Å². The maximum Gasteiger partial charge on any atom is 0.248 e. The zero-order valence-electron chi connectivity index (χ0n) is 21.2. The van der Waals surface area contributed by atoms with Crippen LogP contribution in [-0.2, 0) is 14.6 Å². The van der Waals surface area contributed by atoms with Crippen LogP contribution in [0.4, 0.5) is 10.2 Å². The minimum atomic E-state index is -3.76. The Morgan fingerprint density at radius 2 is 1.74 bits per heavy atom. The molecule has 2 fully saturated rings. The normalized spacial score (nSPS) is 21.0. The quantitative estimate of drug-likeness (QED) is 0.386. The van der Waals surface area contributed by atoms with Crippen molar-refractivity contribution < 1.29 is 22.7 Å². The number of pyridine rings is 1. The number of amides is 1. The SMILES string of the molecule is CS(=O)(=O)c1c(C2CC3CCC(C2)N3C(=O)CO)nc2c(-c3ccc(-c4ccc(F)cc4)nc3)cnn2c1N. The predicted molar refractivity (Wildman–Crippen MR) is 142 cm³/mol. The van der Waals surface area contributed by atoms with E-state index in [1.807, 2.05) is 12.1 Å². The first kappa shape index (κ1) is 25.4. The highest BCUT2D eigenvalue weighted by Gasteiger charge is 2.45. The van der Waals surface area contributed by atoms with Crippen molar-refractivity contribution >= 4 is 27.2 Å². The van der Waals surface area contributed by atoms with Crippen molar-refractivity contribution in [1.82, 2.24) is 24.5 Å². The average Bonchev–Trinajstić information content (AvgIpc) is 3.46. The van der Waals surface area contributed by atoms with Gasteiger partial charge in [-0.3, -0.25) is 9.78 Å². The lowest BCUT2D eigenvalue weighted by molar-refractivity contribution is -0.138. The first-order chi connectivity index (χ1) is 18.7. The van der Waals surface area contributed by atoms with Crippen LogP contribution in [-0.4, -0.2) is 68.9 Å². The molecule has 0 aliphatic carbocycles. The lowest BCUT2D eigenvalue weighted by Crippen LogP contribution is -2.47. The number of nitrogens with two attached hydrogens (primary N) is 1. The van der Waals surface area contributed by atoms with Gasteiger partial charge in [-0.2, -0.15) is 9.61 Å². The smallest absolute Gasteiger partial charge is 0.248 e. The Bertz CT molecular complexity index is 1670. The Labute approximate surface area is 224 Å². The number of carbonyl (C=O) groups excluding carboxylic acids is 1. The molecule has 39 heavy (non-hydrogen) atoms. The zero-order valence-corrected chi connectivity index (χ0v) is 22.0. The van der Waals surface area contributed by atoms with Crippen LogP contribution in [0.1, 0.15) is 37.3 Å². The van der Waals surface area contributed by atoms with Gasteiger partial charge >= 0.3 is 0 Å². The highest BCUT2D eigenvalue weighted by molar-refractivity contribution is 7.91. The van der Waals surface area contributed by atoms with Crippen molar-refractivity contribution in [2.75, 3.05) is 18.6 Å². The molecule has 2 unspecified atom stereocenters. The standard InChI is InChI=1S/C27H27FN6O4S/c1-39(37,38)25-24(17-10-19-7-8-20(11-17)33(19)23(36)14-35)32-27-21(13-31-34(27)26(25)29)16-4-9-22(30-12-16)15-2-5-18(28)6-3-15/h2-6,9,12-13,17,19-20,35H,7-8,10-11,14,29H2,1H3. The molecule has 5 heterocycles. The molecule has 2 bridgehead atoms. The third-order valence-electron chi connectivity index (χ3n) is 7.79. The third-order valence-corrected chi connectivity index (χ3v) is 8.95. The van der Waals surface area contributed by atoms with Gasteiger partial charge in [0.05, 0.1) is 17.6 Å². The maximum absolute atomic E-state index is 13.3. The summed E-state index contributed by atoms with van der Waals surface area (Å²) in [5, 5.41) is 13.8. The predicted octanol–water partition coefficient (Wildman–Crippen LogP) is 2.81. The van der Waals surface area contributed by atoms with Crippen molar-refractivity contribution in [3.05, 3.63) is 60.3 Å². The van der Waals surface area contributed by atoms with Crippen LogP contribution in [0.3, 0.4) is 0 Å². The second-order valence-electron chi connectivity index (χ2n) is 10.2. The molecule has 10 nitrogen and oxygen atoms in total. The molecule has 0 spiro atoms. The third kappa shape index (κ3) is 4.33. The van der Waals surface area contributed by atoms with Crippen LogP contribution in [0.15, 0.2) is 53.7 Å². The molecule has 12 heteroatoms. The van der Waals surface area contributed by atoms with E-state index in [-0.39, 0.29) is 40.4 Å². The fourth-order valence-corrected chi connectivity index (χ4v) is 7.17. The van der Waals surface area contributed by atoms with Gasteiger partial charge in [0, 0.05) is 47.1 Å². The van der Waals surface area contributed by atoms with Gasteiger partial charge in [-0.15, -0.1) is 0 Å². The van der Waals surface area contributed by atoms with Crippen LogP contribution in [0.25, 0.3) is 28.0 Å². The number of hydrogen-bond acceptors (Lipinski definition) is 8. The van der Waals surface area contributed by atoms with E-state index in [1.165, 1.54) is 16.6 Å². The molecule has 0 saturated carbocycles. The summed E-state index contributed by atoms with van der Waals surface area (Å²) in [7, 11) is -3.76. The molecule has 2 saturated heterocycles. The van der Waals surface area contributed by atoms with Gasteiger partial charge < -0.3 is 15.7 Å². The molecule has 1 aromatic carbocycles. The van der Waals surface area contributed by atoms with Gasteiger partial charge in [0.2, 0.25) is 5.91 Å². The molecule has 6 rings (SSSR count). The van der Waals surface area contributed by atoms with Gasteiger partial charge in [0.1, 0.15) is 23.1 Å². The largest absolute Gasteiger partial charge is 0.387 e. The number of sulfone groups is 1. The first-order valence-corrected chi connectivity index (χ1v) is 14.6. The highest BCUT2D eigenvalue weighted by Crippen LogP contribution is 2.45. The van der Waals surface area contributed by atoms with Crippen LogP contribution in [0, 0.1) is 5.82 Å². The molecule has 0 radical (unpaired) electrons. The Hall–Kier alpha value is -3.90. The van der Waals surface area contributed by atoms with Gasteiger partial charge in [-0.25, -0.2) is 17.8 Å². The number of benzene rings is 1. The number of aliphatic hydroxyl groups is 1. The number of hydrogen-bond donors (Lipinski definition) is 2. The molecule has 4 aromatic rings. The second-order valence-corrected chi connectivity index (χ2v) is 12.2. The molecule has 2 aliphatic heterocycles. The van der Waals surface area contributed by atoms with E-state index in [9.17, 15) is 22.7 Å². The average molecular weight is 551 g/mol. The van der Waals surface area contributed by atoms with Gasteiger partial charge in [-0.05, 0) is 56.0 Å². The van der Waals surface area contributed by atoms with Gasteiger partial charge in [0.25, 0.3) is 0 Å². The molecular weight excluding hydrogens is 523 g/mol. The van der Waals surface area contributed by atoms with Crippen LogP contribution >= 0.6 is 0 Å². The Morgan fingerprint density at radius 3 is 2.33 bits per heavy atom. The number of anilines is 1. The fraction of sp³-hybridized carbons (Fsp3) is 0.333. The van der Waals surface area contributed by atoms with Crippen LogP contribution in [0.5, 0.6) is 0 Å². The van der Waals surface area contributed by atoms with Crippen molar-refractivity contribution in [1.29, 1.82) is 0 Å². The molecule has 3 aromatic heterocycles. The molecular formula is C27H27FN6O4S. The number of nitrogen functional groups attached to an aromatic ring is 1. The van der Waals surface area contributed by atoms with E-state index < -0.39 is 16.4 Å². The number of carbonyl (C=O) groups is 1. The lowest BCUT2D eigenvalue weighted by atomic mass is 9.87. The monoisotopic (exact) mass is 550 g/mol. The number of aromatic nitrogens is 4. The zero-order chi connectivity index (χ0) is 27.5. The first-order valence-electron chi connectivity index (χ1n) is 12.7. The van der Waals surface area contributed by atoms with Crippen LogP contribution in [0.2, 0.25) is 0 Å². The summed E-state index contributed by atoms with van der Waals surface area (Å²) in [5.41, 5.74) is 10.0. The van der Waals surface area contributed by atoms with Crippen LogP contribution < -0.4 is 5.73 Å². The van der Waals surface area contributed by atoms with E-state index in [4.69, 9.17) is 10.7 Å². The Morgan fingerprint density at radius 1 is 1.08 bits per heavy atom. The Kier molecular flexibility index (Phi) is 6.11. The summed E-state index contributed by atoms with van der Waals surface area (Å²) in [6, 6.07) is 9.54. The minimum absolute atomic E-state index is 0.0131. The molecule has 1 amide bonds. The number of rotatable bonds is 5. The minimum Gasteiger partial charge on any atom is -0.387 e. The number of aliphatic hydroxyl groups excluding tert-OH is 1. The van der Waals surface area contributed by atoms with Crippen molar-refractivity contribution in [3.63, 3.8) is 0 Å². The summed E-state index contributed by atoms with van der Waals surface area (Å²) < 4.78 is 40.5. The Balaban J connectivity index is 1.43.